The second kappa shape index (κ2) is 1.94. The Morgan fingerprint density at radius 1 is 1.20 bits per heavy atom. The molecule has 0 saturated carbocycles. The summed E-state index contributed by atoms with van der Waals surface area (Å²) >= 11 is 0. The van der Waals surface area contributed by atoms with Crippen LogP contribution >= 0.6 is 0 Å². The van der Waals surface area contributed by atoms with Gasteiger partial charge in [0.15, 0.2) is 5.69 Å². The first-order chi connectivity index (χ1) is 4.97. The molecule has 2 rings (SSSR count). The minimum absolute atomic E-state index is 0.439. The summed E-state index contributed by atoms with van der Waals surface area (Å²) in [6.45, 7) is 0. The van der Waals surface area contributed by atoms with Crippen LogP contribution in [-0.2, 0) is 0 Å². The van der Waals surface area contributed by atoms with Gasteiger partial charge in [0.05, 0.1) is 0 Å². The Hall–Kier alpha value is -1.65. The van der Waals surface area contributed by atoms with Crippen LogP contribution in [0.3, 0.4) is 0 Å². The van der Waals surface area contributed by atoms with E-state index in [1.54, 1.807) is 6.07 Å². The van der Waals surface area contributed by atoms with Crippen molar-refractivity contribution in [1.29, 1.82) is 0 Å². The molecule has 50 valence electrons. The molecule has 0 aliphatic carbocycles. The molecule has 0 spiro atoms. The molecule has 0 fully saturated rings. The van der Waals surface area contributed by atoms with Crippen molar-refractivity contribution in [2.45, 2.75) is 0 Å². The van der Waals surface area contributed by atoms with E-state index in [4.69, 9.17) is 0 Å². The third kappa shape index (κ3) is 0.680. The van der Waals surface area contributed by atoms with Gasteiger partial charge in [0.2, 0.25) is 12.2 Å². The van der Waals surface area contributed by atoms with Gasteiger partial charge in [-0.3, -0.25) is 0 Å². The third-order valence-corrected chi connectivity index (χ3v) is 1.03. The molecule has 0 N–H and O–H groups in total. The average Bonchev–Trinajstić information content (AvgIpc) is 2.59. The lowest BCUT2D eigenvalue weighted by Gasteiger charge is -1.76. The zero-order chi connectivity index (χ0) is 6.81. The van der Waals surface area contributed by atoms with Crippen LogP contribution in [0.1, 0.15) is 0 Å². The highest BCUT2D eigenvalue weighted by molar-refractivity contribution is 5.45. The van der Waals surface area contributed by atoms with E-state index in [0.717, 1.165) is 0 Å². The summed E-state index contributed by atoms with van der Waals surface area (Å²) in [5.74, 6) is 0.439. The minimum Gasteiger partial charge on any atom is -0.364 e. The molecular formula is C5H3N3O2. The Kier molecular flexibility index (Phi) is 1.00. The van der Waals surface area contributed by atoms with Crippen LogP contribution in [0, 0.1) is 0 Å². The van der Waals surface area contributed by atoms with Gasteiger partial charge in [-0.05, 0) is 0 Å². The molecule has 2 aromatic heterocycles. The Morgan fingerprint density at radius 3 is 2.80 bits per heavy atom. The molecule has 0 aliphatic rings. The van der Waals surface area contributed by atoms with E-state index in [-0.39, 0.29) is 0 Å². The van der Waals surface area contributed by atoms with Crippen molar-refractivity contribution in [3.63, 3.8) is 0 Å². The smallest absolute Gasteiger partial charge is 0.224 e. The first-order valence-electron chi connectivity index (χ1n) is 2.64. The standard InChI is InChI=1S/C5H3N3O2/c1-2-9-7-4(1)5-6-3-10-8-5/h1-3H. The van der Waals surface area contributed by atoms with Gasteiger partial charge in [-0.2, -0.15) is 4.98 Å². The van der Waals surface area contributed by atoms with E-state index in [0.29, 0.717) is 11.5 Å². The second-order valence-corrected chi connectivity index (χ2v) is 1.64. The van der Waals surface area contributed by atoms with Gasteiger partial charge in [-0.15, -0.1) is 0 Å². The van der Waals surface area contributed by atoms with E-state index < -0.39 is 0 Å². The van der Waals surface area contributed by atoms with E-state index in [1.807, 2.05) is 0 Å². The van der Waals surface area contributed by atoms with Gasteiger partial charge in [0, 0.05) is 6.07 Å². The van der Waals surface area contributed by atoms with Crippen molar-refractivity contribution in [3.8, 4) is 11.5 Å². The fraction of sp³-hybridized carbons (Fsp3) is 0. The summed E-state index contributed by atoms with van der Waals surface area (Å²) in [5.41, 5.74) is 0.578. The third-order valence-electron chi connectivity index (χ3n) is 1.03. The van der Waals surface area contributed by atoms with Crippen molar-refractivity contribution in [1.82, 2.24) is 15.3 Å². The van der Waals surface area contributed by atoms with Gasteiger partial charge in [0.1, 0.15) is 6.26 Å². The van der Waals surface area contributed by atoms with Crippen LogP contribution in [0.4, 0.5) is 0 Å². The first-order valence-corrected chi connectivity index (χ1v) is 2.64. The highest BCUT2D eigenvalue weighted by Crippen LogP contribution is 2.08. The molecule has 5 heteroatoms. The van der Waals surface area contributed by atoms with Crippen LogP contribution in [0.5, 0.6) is 0 Å². The Bertz CT molecular complexity index is 254. The zero-order valence-electron chi connectivity index (χ0n) is 4.89. The van der Waals surface area contributed by atoms with Gasteiger partial charge in [0.25, 0.3) is 0 Å². The molecule has 0 saturated heterocycles. The molecule has 2 heterocycles. The van der Waals surface area contributed by atoms with Crippen molar-refractivity contribution < 1.29 is 9.05 Å². The molecule has 0 atom stereocenters. The van der Waals surface area contributed by atoms with Crippen molar-refractivity contribution >= 4 is 0 Å². The number of aromatic nitrogens is 3. The maximum atomic E-state index is 4.57. The van der Waals surface area contributed by atoms with Crippen LogP contribution in [-0.4, -0.2) is 15.3 Å². The lowest BCUT2D eigenvalue weighted by Crippen LogP contribution is -1.77. The molecule has 0 bridgehead atoms. The summed E-state index contributed by atoms with van der Waals surface area (Å²) < 4.78 is 9.06. The van der Waals surface area contributed by atoms with Crippen LogP contribution in [0.2, 0.25) is 0 Å². The van der Waals surface area contributed by atoms with Crippen molar-refractivity contribution in [3.05, 3.63) is 18.7 Å². The van der Waals surface area contributed by atoms with Crippen LogP contribution < -0.4 is 0 Å². The second-order valence-electron chi connectivity index (χ2n) is 1.64. The van der Waals surface area contributed by atoms with Gasteiger partial charge < -0.3 is 9.05 Å². The Morgan fingerprint density at radius 2 is 2.20 bits per heavy atom. The summed E-state index contributed by atoms with van der Waals surface area (Å²) in [6, 6.07) is 1.66. The fourth-order valence-corrected chi connectivity index (χ4v) is 0.611. The lowest BCUT2D eigenvalue weighted by atomic mass is 10.4. The summed E-state index contributed by atoms with van der Waals surface area (Å²) in [4.78, 5) is 3.76. The summed E-state index contributed by atoms with van der Waals surface area (Å²) in [7, 11) is 0. The number of nitrogens with zero attached hydrogens (tertiary/aromatic N) is 3. The van der Waals surface area contributed by atoms with E-state index >= 15 is 0 Å². The Labute approximate surface area is 55.6 Å². The zero-order valence-corrected chi connectivity index (χ0v) is 4.89. The monoisotopic (exact) mass is 137 g/mol. The fourth-order valence-electron chi connectivity index (χ4n) is 0.611. The van der Waals surface area contributed by atoms with Gasteiger partial charge in [-0.1, -0.05) is 10.3 Å². The van der Waals surface area contributed by atoms with Gasteiger partial charge >= 0.3 is 0 Å². The topological polar surface area (TPSA) is 65.0 Å². The van der Waals surface area contributed by atoms with Crippen molar-refractivity contribution in [2.75, 3.05) is 0 Å². The Balaban J connectivity index is 2.48. The molecule has 0 radical (unpaired) electrons. The lowest BCUT2D eigenvalue weighted by molar-refractivity contribution is 0.411. The maximum absolute atomic E-state index is 4.57. The predicted molar refractivity (Wildman–Crippen MR) is 29.8 cm³/mol. The predicted octanol–water partition coefficient (Wildman–Crippen LogP) is 0.725. The number of rotatable bonds is 1. The maximum Gasteiger partial charge on any atom is 0.224 e. The molecule has 5 nitrogen and oxygen atoms in total. The van der Waals surface area contributed by atoms with E-state index in [9.17, 15) is 0 Å². The van der Waals surface area contributed by atoms with E-state index in [2.05, 4.69) is 24.3 Å². The molecule has 0 amide bonds. The van der Waals surface area contributed by atoms with Crippen LogP contribution in [0.15, 0.2) is 27.8 Å². The molecule has 10 heavy (non-hydrogen) atoms. The molecular weight excluding hydrogens is 134 g/mol. The first kappa shape index (κ1) is 5.16. The molecule has 0 aliphatic heterocycles. The molecule has 2 aromatic rings. The SMILES string of the molecule is c1cc(-c2ncon2)no1. The summed E-state index contributed by atoms with van der Waals surface area (Å²) in [5, 5.41) is 7.15. The highest BCUT2D eigenvalue weighted by Gasteiger charge is 2.03. The molecule has 0 unspecified atom stereocenters. The quantitative estimate of drug-likeness (QED) is 0.579. The largest absolute Gasteiger partial charge is 0.364 e. The van der Waals surface area contributed by atoms with Crippen LogP contribution in [0.25, 0.3) is 11.5 Å². The average molecular weight is 137 g/mol. The highest BCUT2D eigenvalue weighted by atomic mass is 16.5. The minimum atomic E-state index is 0.439. The molecule has 0 aromatic carbocycles. The number of hydrogen-bond donors (Lipinski definition) is 0. The summed E-state index contributed by atoms with van der Waals surface area (Å²) in [6.07, 6.45) is 2.69. The van der Waals surface area contributed by atoms with E-state index in [1.165, 1.54) is 12.7 Å². The van der Waals surface area contributed by atoms with Gasteiger partial charge in [-0.25, -0.2) is 0 Å². The normalized spacial score (nSPS) is 10.0. The number of hydrogen-bond acceptors (Lipinski definition) is 5. The van der Waals surface area contributed by atoms with Crippen molar-refractivity contribution in [2.24, 2.45) is 0 Å².